The van der Waals surface area contributed by atoms with E-state index in [1.54, 1.807) is 6.92 Å². The van der Waals surface area contributed by atoms with Gasteiger partial charge in [0.1, 0.15) is 5.75 Å². The Kier molecular flexibility index (Phi) is 10.6. The highest BCUT2D eigenvalue weighted by molar-refractivity contribution is 6.02. The van der Waals surface area contributed by atoms with E-state index in [0.717, 1.165) is 24.1 Å². The van der Waals surface area contributed by atoms with Crippen LogP contribution >= 0.6 is 0 Å². The van der Waals surface area contributed by atoms with Crippen molar-refractivity contribution < 1.29 is 19.1 Å². The molecule has 0 aliphatic carbocycles. The molecular formula is C29H42N2O4. The van der Waals surface area contributed by atoms with Crippen LogP contribution in [0.2, 0.25) is 0 Å². The molecule has 0 saturated carbocycles. The number of Topliss-reactive ketones (excluding diaryl/α,β-unsaturated/α-hetero) is 1. The number of anilines is 1. The van der Waals surface area contributed by atoms with Crippen LogP contribution in [0.25, 0.3) is 0 Å². The van der Waals surface area contributed by atoms with Gasteiger partial charge in [-0.2, -0.15) is 0 Å². The summed E-state index contributed by atoms with van der Waals surface area (Å²) in [4.78, 5) is 23.7. The number of carbonyl (C=O) groups excluding carboxylic acids is 2. The molecule has 0 fully saturated rings. The molecule has 2 unspecified atom stereocenters. The molecule has 2 rings (SSSR count). The zero-order chi connectivity index (χ0) is 26.0. The van der Waals surface area contributed by atoms with Gasteiger partial charge in [-0.05, 0) is 80.5 Å². The van der Waals surface area contributed by atoms with Gasteiger partial charge in [-0.15, -0.1) is 0 Å². The van der Waals surface area contributed by atoms with Gasteiger partial charge in [-0.1, -0.05) is 51.1 Å². The molecule has 35 heavy (non-hydrogen) atoms. The average molecular weight is 483 g/mol. The van der Waals surface area contributed by atoms with E-state index in [1.165, 1.54) is 5.56 Å². The van der Waals surface area contributed by atoms with Gasteiger partial charge < -0.3 is 20.5 Å². The van der Waals surface area contributed by atoms with Gasteiger partial charge >= 0.3 is 6.09 Å². The van der Waals surface area contributed by atoms with Crippen molar-refractivity contribution in [3.63, 3.8) is 0 Å². The fourth-order valence-corrected chi connectivity index (χ4v) is 4.74. The van der Waals surface area contributed by atoms with E-state index in [1.807, 2.05) is 26.0 Å². The van der Waals surface area contributed by atoms with E-state index in [4.69, 9.17) is 15.2 Å². The maximum atomic E-state index is 12.6. The lowest BCUT2D eigenvalue weighted by Crippen LogP contribution is -2.21. The summed E-state index contributed by atoms with van der Waals surface area (Å²) in [6.45, 7) is 13.7. The minimum Gasteiger partial charge on any atom is -0.493 e. The third kappa shape index (κ3) is 8.61. The molecule has 2 atom stereocenters. The number of ketones is 1. The molecule has 1 amide bonds. The topological polar surface area (TPSA) is 90.7 Å². The number of nitrogens with one attached hydrogen (secondary N) is 1. The maximum absolute atomic E-state index is 12.6. The number of primary amides is 1. The Morgan fingerprint density at radius 1 is 1.03 bits per heavy atom. The molecule has 0 heterocycles. The van der Waals surface area contributed by atoms with Crippen LogP contribution in [0.4, 0.5) is 10.5 Å². The minimum absolute atomic E-state index is 0.0217. The molecule has 0 radical (unpaired) electrons. The summed E-state index contributed by atoms with van der Waals surface area (Å²) in [5, 5.41) is 3.39. The molecule has 0 aliphatic heterocycles. The van der Waals surface area contributed by atoms with Gasteiger partial charge in [0.25, 0.3) is 0 Å². The van der Waals surface area contributed by atoms with Gasteiger partial charge in [-0.3, -0.25) is 4.79 Å². The summed E-state index contributed by atoms with van der Waals surface area (Å²) in [5.41, 5.74) is 9.01. The van der Waals surface area contributed by atoms with Crippen molar-refractivity contribution in [2.75, 3.05) is 25.1 Å². The van der Waals surface area contributed by atoms with E-state index >= 15 is 0 Å². The minimum atomic E-state index is -0.746. The summed E-state index contributed by atoms with van der Waals surface area (Å²) in [5.74, 6) is 0.936. The molecule has 2 aromatic rings. The molecule has 0 saturated heterocycles. The van der Waals surface area contributed by atoms with Gasteiger partial charge in [0.15, 0.2) is 5.78 Å². The highest BCUT2D eigenvalue weighted by Crippen LogP contribution is 2.46. The highest BCUT2D eigenvalue weighted by atomic mass is 16.5. The number of hydrogen-bond acceptors (Lipinski definition) is 5. The zero-order valence-electron chi connectivity index (χ0n) is 22.1. The van der Waals surface area contributed by atoms with Crippen LogP contribution in [0, 0.1) is 5.41 Å². The first kappa shape index (κ1) is 28.2. The van der Waals surface area contributed by atoms with E-state index in [-0.39, 0.29) is 29.6 Å². The Morgan fingerprint density at radius 3 is 2.26 bits per heavy atom. The van der Waals surface area contributed by atoms with Crippen molar-refractivity contribution >= 4 is 17.6 Å². The Hall–Kier alpha value is -3.02. The van der Waals surface area contributed by atoms with Crippen LogP contribution in [0.1, 0.15) is 94.1 Å². The van der Waals surface area contributed by atoms with Gasteiger partial charge in [-0.25, -0.2) is 4.79 Å². The molecule has 0 aliphatic rings. The van der Waals surface area contributed by atoms with Crippen molar-refractivity contribution in [3.05, 3.63) is 59.2 Å². The summed E-state index contributed by atoms with van der Waals surface area (Å²) < 4.78 is 11.0. The SMILES string of the molecule is CCNc1cc(C(CC(C)(C)C)C(CCCOC(N)=O)c2ccccc2)cc(OCC)c1C(C)=O. The molecular weight excluding hydrogens is 440 g/mol. The molecule has 0 bridgehead atoms. The lowest BCUT2D eigenvalue weighted by molar-refractivity contribution is 0.101. The van der Waals surface area contributed by atoms with Crippen LogP contribution in [0.15, 0.2) is 42.5 Å². The number of ether oxygens (including phenoxy) is 2. The summed E-state index contributed by atoms with van der Waals surface area (Å²) in [6, 6.07) is 14.6. The highest BCUT2D eigenvalue weighted by Gasteiger charge is 2.31. The standard InChI is InChI=1S/C29H42N2O4/c1-7-31-25-17-22(18-26(34-8-2)27(25)20(3)32)24(19-29(4,5)6)23(15-12-16-35-28(30)33)21-13-10-9-11-14-21/h9-11,13-14,17-18,23-24,31H,7-8,12,15-16,19H2,1-6H3,(H2,30,33). The van der Waals surface area contributed by atoms with Crippen LogP contribution < -0.4 is 15.8 Å². The van der Waals surface area contributed by atoms with Gasteiger partial charge in [0.2, 0.25) is 0 Å². The van der Waals surface area contributed by atoms with E-state index in [2.05, 4.69) is 56.4 Å². The lowest BCUT2D eigenvalue weighted by Gasteiger charge is -2.34. The first-order valence-electron chi connectivity index (χ1n) is 12.6. The fraction of sp³-hybridized carbons (Fsp3) is 0.517. The Balaban J connectivity index is 2.64. The normalized spacial score (nSPS) is 13.1. The van der Waals surface area contributed by atoms with Crippen molar-refractivity contribution in [1.82, 2.24) is 0 Å². The molecule has 6 nitrogen and oxygen atoms in total. The quantitative estimate of drug-likeness (QED) is 0.239. The van der Waals surface area contributed by atoms with Crippen LogP contribution in [0.5, 0.6) is 5.75 Å². The average Bonchev–Trinajstić information content (AvgIpc) is 2.77. The first-order chi connectivity index (χ1) is 16.6. The second kappa shape index (κ2) is 13.2. The monoisotopic (exact) mass is 482 g/mol. The fourth-order valence-electron chi connectivity index (χ4n) is 4.74. The number of rotatable bonds is 13. The molecule has 3 N–H and O–H groups in total. The van der Waals surface area contributed by atoms with Crippen LogP contribution in [-0.2, 0) is 4.74 Å². The molecule has 0 aromatic heterocycles. The number of amides is 1. The Bertz CT molecular complexity index is 939. The second-order valence-electron chi connectivity index (χ2n) is 10.2. The Morgan fingerprint density at radius 2 is 1.71 bits per heavy atom. The van der Waals surface area contributed by atoms with E-state index in [9.17, 15) is 9.59 Å². The summed E-state index contributed by atoms with van der Waals surface area (Å²) >= 11 is 0. The van der Waals surface area contributed by atoms with Crippen LogP contribution in [0.3, 0.4) is 0 Å². The molecule has 0 spiro atoms. The van der Waals surface area contributed by atoms with Crippen molar-refractivity contribution in [2.45, 2.75) is 72.6 Å². The van der Waals surface area contributed by atoms with E-state index < -0.39 is 6.09 Å². The maximum Gasteiger partial charge on any atom is 0.404 e. The van der Waals surface area contributed by atoms with Gasteiger partial charge in [0, 0.05) is 12.2 Å². The van der Waals surface area contributed by atoms with Crippen molar-refractivity contribution in [2.24, 2.45) is 11.1 Å². The number of carbonyl (C=O) groups is 2. The van der Waals surface area contributed by atoms with Crippen molar-refractivity contribution in [1.29, 1.82) is 0 Å². The Labute approximate surface area is 210 Å². The first-order valence-corrected chi connectivity index (χ1v) is 12.6. The summed E-state index contributed by atoms with van der Waals surface area (Å²) in [6.07, 6.45) is 1.71. The van der Waals surface area contributed by atoms with Crippen molar-refractivity contribution in [3.8, 4) is 5.75 Å². The number of benzene rings is 2. The summed E-state index contributed by atoms with van der Waals surface area (Å²) in [7, 11) is 0. The molecule has 6 heteroatoms. The van der Waals surface area contributed by atoms with Gasteiger partial charge in [0.05, 0.1) is 18.8 Å². The molecule has 2 aromatic carbocycles. The largest absolute Gasteiger partial charge is 0.493 e. The third-order valence-electron chi connectivity index (χ3n) is 6.02. The predicted molar refractivity (Wildman–Crippen MR) is 143 cm³/mol. The predicted octanol–water partition coefficient (Wildman–Crippen LogP) is 6.90. The number of nitrogens with two attached hydrogens (primary N) is 1. The van der Waals surface area contributed by atoms with Crippen LogP contribution in [-0.4, -0.2) is 31.6 Å². The van der Waals surface area contributed by atoms with E-state index in [0.29, 0.717) is 30.9 Å². The lowest BCUT2D eigenvalue weighted by atomic mass is 9.71. The molecule has 192 valence electrons. The number of hydrogen-bond donors (Lipinski definition) is 2. The smallest absolute Gasteiger partial charge is 0.404 e. The zero-order valence-corrected chi connectivity index (χ0v) is 22.1. The third-order valence-corrected chi connectivity index (χ3v) is 6.02. The second-order valence-corrected chi connectivity index (χ2v) is 10.2.